The van der Waals surface area contributed by atoms with E-state index in [4.69, 9.17) is 5.73 Å². The van der Waals surface area contributed by atoms with Gasteiger partial charge >= 0.3 is 0 Å². The van der Waals surface area contributed by atoms with Crippen molar-refractivity contribution in [2.45, 2.75) is 49.7 Å². The standard InChI is InChI=1S/C16H21N3S/c1-4-14(17)8-13-9-18-16(19-10-13)20-15-6-5-11(2)7-12(15)3/h5-7,9-10,14H,4,8,17H2,1-3H3. The van der Waals surface area contributed by atoms with E-state index in [-0.39, 0.29) is 6.04 Å². The lowest BCUT2D eigenvalue weighted by Gasteiger charge is -2.08. The van der Waals surface area contributed by atoms with Crippen LogP contribution in [0.1, 0.15) is 30.0 Å². The molecule has 0 saturated heterocycles. The van der Waals surface area contributed by atoms with Gasteiger partial charge in [0.15, 0.2) is 5.16 Å². The Morgan fingerprint density at radius 1 is 1.20 bits per heavy atom. The molecular weight excluding hydrogens is 266 g/mol. The summed E-state index contributed by atoms with van der Waals surface area (Å²) in [5.41, 5.74) is 9.58. The molecule has 1 unspecified atom stereocenters. The fourth-order valence-electron chi connectivity index (χ4n) is 1.96. The first-order valence-electron chi connectivity index (χ1n) is 6.90. The lowest BCUT2D eigenvalue weighted by molar-refractivity contribution is 0.641. The third kappa shape index (κ3) is 4.05. The molecule has 0 aliphatic heterocycles. The van der Waals surface area contributed by atoms with E-state index in [1.54, 1.807) is 11.8 Å². The summed E-state index contributed by atoms with van der Waals surface area (Å²) < 4.78 is 0. The Kier molecular flexibility index (Phi) is 5.15. The molecule has 2 N–H and O–H groups in total. The minimum atomic E-state index is 0.191. The number of nitrogens with zero attached hydrogens (tertiary/aromatic N) is 2. The lowest BCUT2D eigenvalue weighted by atomic mass is 10.1. The molecule has 0 radical (unpaired) electrons. The Hall–Kier alpha value is -1.39. The molecule has 1 heterocycles. The minimum Gasteiger partial charge on any atom is -0.327 e. The van der Waals surface area contributed by atoms with Gasteiger partial charge in [-0.05, 0) is 55.6 Å². The number of aryl methyl sites for hydroxylation is 2. The monoisotopic (exact) mass is 287 g/mol. The molecule has 2 rings (SSSR count). The van der Waals surface area contributed by atoms with E-state index in [9.17, 15) is 0 Å². The van der Waals surface area contributed by atoms with Gasteiger partial charge in [-0.25, -0.2) is 9.97 Å². The summed E-state index contributed by atoms with van der Waals surface area (Å²) in [4.78, 5) is 10.0. The van der Waals surface area contributed by atoms with E-state index in [1.807, 2.05) is 12.4 Å². The third-order valence-corrected chi connectivity index (χ3v) is 4.31. The number of nitrogens with two attached hydrogens (primary N) is 1. The Morgan fingerprint density at radius 2 is 1.90 bits per heavy atom. The van der Waals surface area contributed by atoms with Crippen molar-refractivity contribution in [3.05, 3.63) is 47.3 Å². The first-order chi connectivity index (χ1) is 9.58. The Bertz CT molecular complexity index is 566. The minimum absolute atomic E-state index is 0.191. The molecule has 3 nitrogen and oxygen atoms in total. The molecule has 0 saturated carbocycles. The maximum absolute atomic E-state index is 5.94. The molecule has 0 amide bonds. The summed E-state index contributed by atoms with van der Waals surface area (Å²) in [6.07, 6.45) is 5.58. The Morgan fingerprint density at radius 3 is 2.50 bits per heavy atom. The zero-order valence-electron chi connectivity index (χ0n) is 12.3. The SMILES string of the molecule is CCC(N)Cc1cnc(Sc2ccc(C)cc2C)nc1. The van der Waals surface area contributed by atoms with Crippen molar-refractivity contribution in [2.24, 2.45) is 5.73 Å². The van der Waals surface area contributed by atoms with Crippen molar-refractivity contribution in [3.8, 4) is 0 Å². The average Bonchev–Trinajstić information content (AvgIpc) is 2.44. The van der Waals surface area contributed by atoms with Gasteiger partial charge in [0.05, 0.1) is 0 Å². The predicted octanol–water partition coefficient (Wildman–Crippen LogP) is 3.52. The van der Waals surface area contributed by atoms with Crippen LogP contribution in [-0.2, 0) is 6.42 Å². The highest BCUT2D eigenvalue weighted by atomic mass is 32.2. The van der Waals surface area contributed by atoms with Gasteiger partial charge < -0.3 is 5.73 Å². The third-order valence-electron chi connectivity index (χ3n) is 3.24. The molecule has 0 fully saturated rings. The second kappa shape index (κ2) is 6.86. The fourth-order valence-corrected chi connectivity index (χ4v) is 2.72. The molecule has 1 aromatic heterocycles. The Labute approximate surface area is 125 Å². The molecule has 106 valence electrons. The highest BCUT2D eigenvalue weighted by molar-refractivity contribution is 7.99. The smallest absolute Gasteiger partial charge is 0.192 e. The van der Waals surface area contributed by atoms with Gasteiger partial charge in [0, 0.05) is 23.3 Å². The summed E-state index contributed by atoms with van der Waals surface area (Å²) in [5.74, 6) is 0. The summed E-state index contributed by atoms with van der Waals surface area (Å²) in [5, 5.41) is 0.783. The van der Waals surface area contributed by atoms with Crippen LogP contribution in [0.25, 0.3) is 0 Å². The second-order valence-corrected chi connectivity index (χ2v) is 6.13. The molecule has 1 aromatic carbocycles. The van der Waals surface area contributed by atoms with Gasteiger partial charge in [-0.1, -0.05) is 24.6 Å². The van der Waals surface area contributed by atoms with Crippen LogP contribution >= 0.6 is 11.8 Å². The van der Waals surface area contributed by atoms with Crippen LogP contribution in [0.4, 0.5) is 0 Å². The highest BCUT2D eigenvalue weighted by Crippen LogP contribution is 2.27. The van der Waals surface area contributed by atoms with E-state index >= 15 is 0 Å². The van der Waals surface area contributed by atoms with Gasteiger partial charge in [0.25, 0.3) is 0 Å². The molecule has 1 atom stereocenters. The average molecular weight is 287 g/mol. The topological polar surface area (TPSA) is 51.8 Å². The normalized spacial score (nSPS) is 12.4. The van der Waals surface area contributed by atoms with E-state index in [0.29, 0.717) is 0 Å². The molecule has 0 aliphatic carbocycles. The summed E-state index contributed by atoms with van der Waals surface area (Å²) in [6, 6.07) is 6.61. The first kappa shape index (κ1) is 15.0. The molecule has 0 spiro atoms. The molecule has 4 heteroatoms. The van der Waals surface area contributed by atoms with Gasteiger partial charge in [-0.3, -0.25) is 0 Å². The van der Waals surface area contributed by atoms with Crippen molar-refractivity contribution in [1.29, 1.82) is 0 Å². The van der Waals surface area contributed by atoms with Crippen molar-refractivity contribution in [1.82, 2.24) is 9.97 Å². The largest absolute Gasteiger partial charge is 0.327 e. The number of benzene rings is 1. The van der Waals surface area contributed by atoms with Gasteiger partial charge in [0.1, 0.15) is 0 Å². The van der Waals surface area contributed by atoms with E-state index < -0.39 is 0 Å². The quantitative estimate of drug-likeness (QED) is 0.855. The number of rotatable bonds is 5. The van der Waals surface area contributed by atoms with Crippen molar-refractivity contribution < 1.29 is 0 Å². The summed E-state index contributed by atoms with van der Waals surface area (Å²) >= 11 is 1.60. The summed E-state index contributed by atoms with van der Waals surface area (Å²) in [6.45, 7) is 6.31. The molecule has 0 aliphatic rings. The Balaban J connectivity index is 2.07. The lowest BCUT2D eigenvalue weighted by Crippen LogP contribution is -2.21. The number of hydrogen-bond acceptors (Lipinski definition) is 4. The molecule has 20 heavy (non-hydrogen) atoms. The van der Waals surface area contributed by atoms with Crippen LogP contribution in [0.2, 0.25) is 0 Å². The maximum Gasteiger partial charge on any atom is 0.192 e. The van der Waals surface area contributed by atoms with E-state index in [2.05, 4.69) is 48.9 Å². The van der Waals surface area contributed by atoms with Crippen LogP contribution in [0.15, 0.2) is 40.6 Å². The van der Waals surface area contributed by atoms with Crippen molar-refractivity contribution >= 4 is 11.8 Å². The van der Waals surface area contributed by atoms with Gasteiger partial charge in [-0.15, -0.1) is 0 Å². The maximum atomic E-state index is 5.94. The van der Waals surface area contributed by atoms with Crippen LogP contribution in [0.5, 0.6) is 0 Å². The molecule has 2 aromatic rings. The van der Waals surface area contributed by atoms with Crippen molar-refractivity contribution in [2.75, 3.05) is 0 Å². The van der Waals surface area contributed by atoms with Gasteiger partial charge in [-0.2, -0.15) is 0 Å². The molecular formula is C16H21N3S. The fraction of sp³-hybridized carbons (Fsp3) is 0.375. The first-order valence-corrected chi connectivity index (χ1v) is 7.71. The van der Waals surface area contributed by atoms with E-state index in [0.717, 1.165) is 23.6 Å². The second-order valence-electron chi connectivity index (χ2n) is 5.12. The number of aromatic nitrogens is 2. The zero-order chi connectivity index (χ0) is 14.5. The van der Waals surface area contributed by atoms with Crippen LogP contribution in [-0.4, -0.2) is 16.0 Å². The van der Waals surface area contributed by atoms with Crippen molar-refractivity contribution in [3.63, 3.8) is 0 Å². The highest BCUT2D eigenvalue weighted by Gasteiger charge is 2.06. The van der Waals surface area contributed by atoms with Gasteiger partial charge in [0.2, 0.25) is 0 Å². The number of hydrogen-bond donors (Lipinski definition) is 1. The van der Waals surface area contributed by atoms with Crippen LogP contribution in [0.3, 0.4) is 0 Å². The predicted molar refractivity (Wildman–Crippen MR) is 84.0 cm³/mol. The van der Waals surface area contributed by atoms with E-state index in [1.165, 1.54) is 16.0 Å². The summed E-state index contributed by atoms with van der Waals surface area (Å²) in [7, 11) is 0. The zero-order valence-corrected chi connectivity index (χ0v) is 13.1. The molecule has 0 bridgehead atoms. The van der Waals surface area contributed by atoms with Crippen LogP contribution < -0.4 is 5.73 Å². The van der Waals surface area contributed by atoms with Crippen LogP contribution in [0, 0.1) is 13.8 Å².